The number of hydrogen-bond donors (Lipinski definition) is 1. The van der Waals surface area contributed by atoms with Gasteiger partial charge in [-0.05, 0) is 24.3 Å². The van der Waals surface area contributed by atoms with Crippen LogP contribution in [0.3, 0.4) is 0 Å². The molecule has 120 valence electrons. The van der Waals surface area contributed by atoms with Gasteiger partial charge in [0.25, 0.3) is 0 Å². The fourth-order valence-corrected chi connectivity index (χ4v) is 2.87. The predicted molar refractivity (Wildman–Crippen MR) is 93.0 cm³/mol. The number of allylic oxidation sites excluding steroid dienone is 4. The summed E-state index contributed by atoms with van der Waals surface area (Å²) in [5, 5.41) is 10.1. The van der Waals surface area contributed by atoms with Crippen LogP contribution >= 0.6 is 0 Å². The summed E-state index contributed by atoms with van der Waals surface area (Å²) in [7, 11) is 0. The summed E-state index contributed by atoms with van der Waals surface area (Å²) >= 11 is 0. The molecular weight excluding hydrogens is 317 g/mol. The van der Waals surface area contributed by atoms with E-state index in [-0.39, 0.29) is 17.3 Å². The molecule has 2 N–H and O–H groups in total. The van der Waals surface area contributed by atoms with Crippen molar-refractivity contribution in [2.24, 2.45) is 0 Å². The fourth-order valence-electron chi connectivity index (χ4n) is 2.87. The Balaban J connectivity index is 1.96. The average Bonchev–Trinajstić information content (AvgIpc) is 3.07. The molecule has 2 aromatic heterocycles. The lowest BCUT2D eigenvalue weighted by Crippen LogP contribution is -2.08. The van der Waals surface area contributed by atoms with Crippen molar-refractivity contribution >= 4 is 16.7 Å². The number of fused-ring (bicyclic) bond motifs is 1. The molecule has 6 heteroatoms. The van der Waals surface area contributed by atoms with E-state index in [1.807, 2.05) is 36.4 Å². The SMILES string of the molecule is N#Cc1nc(-c2ccc3ncccc3c2)c(C2C=CC=C2F)nc1N. The third-order valence-electron chi connectivity index (χ3n) is 4.08. The van der Waals surface area contributed by atoms with Crippen LogP contribution in [0.1, 0.15) is 17.3 Å². The van der Waals surface area contributed by atoms with Gasteiger partial charge >= 0.3 is 0 Å². The molecule has 0 spiro atoms. The quantitative estimate of drug-likeness (QED) is 0.775. The molecule has 0 aliphatic heterocycles. The van der Waals surface area contributed by atoms with Crippen molar-refractivity contribution in [2.45, 2.75) is 5.92 Å². The summed E-state index contributed by atoms with van der Waals surface area (Å²) in [6, 6.07) is 11.3. The molecule has 0 amide bonds. The molecule has 1 unspecified atom stereocenters. The van der Waals surface area contributed by atoms with Crippen molar-refractivity contribution < 1.29 is 4.39 Å². The van der Waals surface area contributed by atoms with Crippen LogP contribution in [0.25, 0.3) is 22.2 Å². The van der Waals surface area contributed by atoms with E-state index in [2.05, 4.69) is 15.0 Å². The second-order valence-corrected chi connectivity index (χ2v) is 5.63. The number of rotatable bonds is 2. The molecule has 3 aromatic rings. The first kappa shape index (κ1) is 15.0. The largest absolute Gasteiger partial charge is 0.381 e. The summed E-state index contributed by atoms with van der Waals surface area (Å²) in [6.45, 7) is 0. The molecular formula is C19H12FN5. The van der Waals surface area contributed by atoms with Gasteiger partial charge < -0.3 is 5.73 Å². The van der Waals surface area contributed by atoms with Gasteiger partial charge in [0.15, 0.2) is 11.5 Å². The van der Waals surface area contributed by atoms with E-state index in [1.165, 1.54) is 6.08 Å². The summed E-state index contributed by atoms with van der Waals surface area (Å²) in [5.41, 5.74) is 8.23. The highest BCUT2D eigenvalue weighted by atomic mass is 19.1. The monoisotopic (exact) mass is 329 g/mol. The summed E-state index contributed by atoms with van der Waals surface area (Å²) in [4.78, 5) is 12.9. The Bertz CT molecular complexity index is 1090. The number of benzene rings is 1. The highest BCUT2D eigenvalue weighted by molar-refractivity contribution is 5.84. The molecule has 25 heavy (non-hydrogen) atoms. The third-order valence-corrected chi connectivity index (χ3v) is 4.08. The molecule has 1 aromatic carbocycles. The minimum atomic E-state index is -0.651. The van der Waals surface area contributed by atoms with E-state index >= 15 is 0 Å². The highest BCUT2D eigenvalue weighted by Gasteiger charge is 2.25. The topological polar surface area (TPSA) is 88.5 Å². The number of halogens is 1. The van der Waals surface area contributed by atoms with Gasteiger partial charge in [-0.15, -0.1) is 0 Å². The summed E-state index contributed by atoms with van der Waals surface area (Å²) < 4.78 is 14.2. The van der Waals surface area contributed by atoms with Gasteiger partial charge in [0.1, 0.15) is 11.9 Å². The van der Waals surface area contributed by atoms with E-state index in [0.717, 1.165) is 16.5 Å². The molecule has 0 saturated heterocycles. The standard InChI is InChI=1S/C19H12FN5/c20-14-5-1-4-13(14)18-17(24-16(10-21)19(22)25-18)12-6-7-15-11(9-12)3-2-8-23-15/h1-9,13H,(H2,22,25). The zero-order valence-corrected chi connectivity index (χ0v) is 13.0. The van der Waals surface area contributed by atoms with Crippen LogP contribution in [0.5, 0.6) is 0 Å². The second-order valence-electron chi connectivity index (χ2n) is 5.63. The van der Waals surface area contributed by atoms with E-state index in [1.54, 1.807) is 18.3 Å². The number of nitriles is 1. The number of nitrogens with zero attached hydrogens (tertiary/aromatic N) is 4. The maximum atomic E-state index is 14.2. The van der Waals surface area contributed by atoms with Crippen LogP contribution in [0.4, 0.5) is 10.2 Å². The van der Waals surface area contributed by atoms with Crippen molar-refractivity contribution in [1.82, 2.24) is 15.0 Å². The average molecular weight is 329 g/mol. The van der Waals surface area contributed by atoms with Crippen LogP contribution in [0, 0.1) is 11.3 Å². The maximum Gasteiger partial charge on any atom is 0.183 e. The molecule has 1 atom stereocenters. The normalized spacial score (nSPS) is 16.0. The Morgan fingerprint density at radius 1 is 1.20 bits per heavy atom. The van der Waals surface area contributed by atoms with Gasteiger partial charge in [-0.1, -0.05) is 24.3 Å². The molecule has 0 bridgehead atoms. The Kier molecular flexibility index (Phi) is 3.47. The van der Waals surface area contributed by atoms with Crippen molar-refractivity contribution in [1.29, 1.82) is 5.26 Å². The van der Waals surface area contributed by atoms with Crippen molar-refractivity contribution in [3.63, 3.8) is 0 Å². The maximum absolute atomic E-state index is 14.2. The van der Waals surface area contributed by atoms with E-state index in [4.69, 9.17) is 5.73 Å². The predicted octanol–water partition coefficient (Wildman–Crippen LogP) is 3.65. The van der Waals surface area contributed by atoms with E-state index < -0.39 is 5.92 Å². The number of anilines is 1. The zero-order valence-electron chi connectivity index (χ0n) is 13.0. The lowest BCUT2D eigenvalue weighted by atomic mass is 9.98. The van der Waals surface area contributed by atoms with Crippen LogP contribution in [0.15, 0.2) is 60.6 Å². The van der Waals surface area contributed by atoms with Gasteiger partial charge in [0, 0.05) is 17.1 Å². The van der Waals surface area contributed by atoms with Crippen molar-refractivity contribution in [3.05, 3.63) is 72.0 Å². The van der Waals surface area contributed by atoms with Crippen LogP contribution in [-0.4, -0.2) is 15.0 Å². The van der Waals surface area contributed by atoms with Gasteiger partial charge in [-0.25, -0.2) is 14.4 Å². The molecule has 1 aliphatic rings. The first-order valence-electron chi connectivity index (χ1n) is 7.64. The van der Waals surface area contributed by atoms with Gasteiger partial charge in [-0.2, -0.15) is 5.26 Å². The Morgan fingerprint density at radius 3 is 2.84 bits per heavy atom. The molecule has 2 heterocycles. The lowest BCUT2D eigenvalue weighted by molar-refractivity contribution is 0.586. The van der Waals surface area contributed by atoms with Crippen LogP contribution < -0.4 is 5.73 Å². The van der Waals surface area contributed by atoms with Crippen molar-refractivity contribution in [2.75, 3.05) is 5.73 Å². The Hall–Kier alpha value is -3.59. The number of aromatic nitrogens is 3. The summed E-state index contributed by atoms with van der Waals surface area (Å²) in [6.07, 6.45) is 6.42. The lowest BCUT2D eigenvalue weighted by Gasteiger charge is -2.14. The number of hydrogen-bond acceptors (Lipinski definition) is 5. The van der Waals surface area contributed by atoms with Crippen LogP contribution in [-0.2, 0) is 0 Å². The highest BCUT2D eigenvalue weighted by Crippen LogP contribution is 2.36. The minimum absolute atomic E-state index is 0.00296. The second kappa shape index (κ2) is 5.80. The van der Waals surface area contributed by atoms with Gasteiger partial charge in [-0.3, -0.25) is 4.98 Å². The minimum Gasteiger partial charge on any atom is -0.381 e. The Morgan fingerprint density at radius 2 is 2.08 bits per heavy atom. The van der Waals surface area contributed by atoms with Crippen molar-refractivity contribution in [3.8, 4) is 17.3 Å². The fraction of sp³-hybridized carbons (Fsp3) is 0.0526. The third kappa shape index (κ3) is 2.52. The van der Waals surface area contributed by atoms with E-state index in [0.29, 0.717) is 11.4 Å². The van der Waals surface area contributed by atoms with Gasteiger partial charge in [0.05, 0.1) is 22.8 Å². The molecule has 5 nitrogen and oxygen atoms in total. The summed E-state index contributed by atoms with van der Waals surface area (Å²) in [5.74, 6) is -0.985. The smallest absolute Gasteiger partial charge is 0.183 e. The van der Waals surface area contributed by atoms with Crippen LogP contribution in [0.2, 0.25) is 0 Å². The number of nitrogens with two attached hydrogens (primary N) is 1. The first-order chi connectivity index (χ1) is 12.2. The first-order valence-corrected chi connectivity index (χ1v) is 7.64. The Labute approximate surface area is 143 Å². The zero-order chi connectivity index (χ0) is 17.4. The molecule has 0 saturated carbocycles. The molecule has 1 aliphatic carbocycles. The number of pyridine rings is 1. The molecule has 0 radical (unpaired) electrons. The van der Waals surface area contributed by atoms with Gasteiger partial charge in [0.2, 0.25) is 0 Å². The van der Waals surface area contributed by atoms with E-state index in [9.17, 15) is 9.65 Å². The number of nitrogen functional groups attached to an aromatic ring is 1. The molecule has 0 fully saturated rings. The molecule has 4 rings (SSSR count).